The van der Waals surface area contributed by atoms with E-state index < -0.39 is 11.8 Å². The van der Waals surface area contributed by atoms with Crippen molar-refractivity contribution in [3.05, 3.63) is 69.2 Å². The van der Waals surface area contributed by atoms with Crippen molar-refractivity contribution in [2.24, 2.45) is 0 Å². The van der Waals surface area contributed by atoms with Crippen LogP contribution >= 0.6 is 23.2 Å². The van der Waals surface area contributed by atoms with Crippen molar-refractivity contribution in [3.63, 3.8) is 0 Å². The summed E-state index contributed by atoms with van der Waals surface area (Å²) in [7, 11) is 0. The Balaban J connectivity index is 1.90. The second-order valence-corrected chi connectivity index (χ2v) is 6.15. The molecule has 0 aromatic heterocycles. The molecule has 2 aromatic carbocycles. The first-order chi connectivity index (χ1) is 11.5. The van der Waals surface area contributed by atoms with E-state index in [0.717, 1.165) is 17.0 Å². The quantitative estimate of drug-likeness (QED) is 0.663. The molecule has 1 heterocycles. The zero-order chi connectivity index (χ0) is 17.3. The molecule has 6 heteroatoms. The van der Waals surface area contributed by atoms with Crippen molar-refractivity contribution >= 4 is 46.8 Å². The van der Waals surface area contributed by atoms with Gasteiger partial charge in [-0.3, -0.25) is 15.0 Å². The molecule has 122 valence electrons. The lowest BCUT2D eigenvalue weighted by atomic mass is 10.1. The average Bonchev–Trinajstić information content (AvgIpc) is 2.86. The fourth-order valence-corrected chi connectivity index (χ4v) is 2.67. The third-order valence-electron chi connectivity index (χ3n) is 3.75. The van der Waals surface area contributed by atoms with Crippen LogP contribution in [0.1, 0.15) is 18.1 Å². The first kappa shape index (κ1) is 16.6. The van der Waals surface area contributed by atoms with Gasteiger partial charge in [0.05, 0.1) is 15.7 Å². The van der Waals surface area contributed by atoms with Gasteiger partial charge in [0.1, 0.15) is 5.57 Å². The Hall–Kier alpha value is -2.30. The van der Waals surface area contributed by atoms with Gasteiger partial charge in [-0.2, -0.15) is 0 Å². The average molecular weight is 361 g/mol. The van der Waals surface area contributed by atoms with E-state index in [1.54, 1.807) is 18.2 Å². The summed E-state index contributed by atoms with van der Waals surface area (Å²) in [6.07, 6.45) is 2.51. The number of benzene rings is 2. The van der Waals surface area contributed by atoms with Crippen LogP contribution in [0.2, 0.25) is 10.0 Å². The number of hydrazine groups is 1. The maximum absolute atomic E-state index is 12.5. The minimum atomic E-state index is -0.453. The van der Waals surface area contributed by atoms with E-state index in [0.29, 0.717) is 15.7 Å². The van der Waals surface area contributed by atoms with Gasteiger partial charge in [-0.25, -0.2) is 5.01 Å². The van der Waals surface area contributed by atoms with Gasteiger partial charge in [0.25, 0.3) is 11.8 Å². The zero-order valence-corrected chi connectivity index (χ0v) is 14.4. The standard InChI is InChI=1S/C18H14Cl2N2O2/c1-2-11-3-5-12(6-4-11)9-14-17(23)21-22(18(14)24)13-7-8-15(19)16(20)10-13/h3-10H,2H2,1H3,(H,21,23)/b14-9-. The highest BCUT2D eigenvalue weighted by Crippen LogP contribution is 2.29. The summed E-state index contributed by atoms with van der Waals surface area (Å²) in [4.78, 5) is 24.7. The SMILES string of the molecule is CCc1ccc(/C=C2/C(=O)NN(c3ccc(Cl)c(Cl)c3)C2=O)cc1. The van der Waals surface area contributed by atoms with Gasteiger partial charge >= 0.3 is 0 Å². The number of halogens is 2. The van der Waals surface area contributed by atoms with Crippen molar-refractivity contribution in [1.29, 1.82) is 0 Å². The van der Waals surface area contributed by atoms with Crippen molar-refractivity contribution in [2.45, 2.75) is 13.3 Å². The number of amides is 2. The molecule has 1 aliphatic heterocycles. The van der Waals surface area contributed by atoms with Crippen LogP contribution in [0.3, 0.4) is 0 Å². The molecule has 2 amide bonds. The van der Waals surface area contributed by atoms with E-state index in [1.165, 1.54) is 11.6 Å². The van der Waals surface area contributed by atoms with E-state index in [-0.39, 0.29) is 5.57 Å². The molecule has 1 aliphatic rings. The molecule has 0 aliphatic carbocycles. The van der Waals surface area contributed by atoms with Gasteiger partial charge < -0.3 is 0 Å². The van der Waals surface area contributed by atoms with Gasteiger partial charge in [-0.05, 0) is 41.8 Å². The Labute approximate surface area is 149 Å². The normalized spacial score (nSPS) is 16.0. The molecule has 0 saturated carbocycles. The van der Waals surface area contributed by atoms with Crippen LogP contribution in [0.15, 0.2) is 48.0 Å². The van der Waals surface area contributed by atoms with Crippen LogP contribution in [0.4, 0.5) is 5.69 Å². The highest BCUT2D eigenvalue weighted by Gasteiger charge is 2.34. The summed E-state index contributed by atoms with van der Waals surface area (Å²) >= 11 is 11.9. The minimum Gasteiger partial charge on any atom is -0.267 e. The van der Waals surface area contributed by atoms with Crippen LogP contribution in [0, 0.1) is 0 Å². The Morgan fingerprint density at radius 3 is 2.38 bits per heavy atom. The number of carbonyl (C=O) groups is 2. The molecule has 1 saturated heterocycles. The van der Waals surface area contributed by atoms with Crippen LogP contribution in [0.25, 0.3) is 6.08 Å². The maximum Gasteiger partial charge on any atom is 0.282 e. The molecule has 1 fully saturated rings. The zero-order valence-electron chi connectivity index (χ0n) is 12.8. The molecule has 24 heavy (non-hydrogen) atoms. The van der Waals surface area contributed by atoms with Crippen LogP contribution in [0.5, 0.6) is 0 Å². The number of rotatable bonds is 3. The predicted octanol–water partition coefficient (Wildman–Crippen LogP) is 4.02. The molecule has 0 spiro atoms. The van der Waals surface area contributed by atoms with Gasteiger partial charge in [0, 0.05) is 0 Å². The Morgan fingerprint density at radius 2 is 1.75 bits per heavy atom. The number of anilines is 1. The smallest absolute Gasteiger partial charge is 0.267 e. The van der Waals surface area contributed by atoms with Crippen molar-refractivity contribution in [2.75, 3.05) is 5.01 Å². The van der Waals surface area contributed by atoms with Gasteiger partial charge in [0.15, 0.2) is 0 Å². The van der Waals surface area contributed by atoms with Crippen LogP contribution < -0.4 is 10.4 Å². The predicted molar refractivity (Wildman–Crippen MR) is 95.9 cm³/mol. The summed E-state index contributed by atoms with van der Waals surface area (Å²) in [6.45, 7) is 2.07. The fraction of sp³-hybridized carbons (Fsp3) is 0.111. The summed E-state index contributed by atoms with van der Waals surface area (Å²) in [5.74, 6) is -0.886. The van der Waals surface area contributed by atoms with Crippen LogP contribution in [-0.2, 0) is 16.0 Å². The highest BCUT2D eigenvalue weighted by atomic mass is 35.5. The number of aryl methyl sites for hydroxylation is 1. The molecule has 4 nitrogen and oxygen atoms in total. The lowest BCUT2D eigenvalue weighted by Crippen LogP contribution is -2.35. The molecule has 0 radical (unpaired) electrons. The Bertz CT molecular complexity index is 845. The highest BCUT2D eigenvalue weighted by molar-refractivity contribution is 6.42. The number of carbonyl (C=O) groups excluding carboxylic acids is 2. The summed E-state index contributed by atoms with van der Waals surface area (Å²) < 4.78 is 0. The molecule has 2 aromatic rings. The van der Waals surface area contributed by atoms with Gasteiger partial charge in [-0.1, -0.05) is 54.4 Å². The first-order valence-electron chi connectivity index (χ1n) is 7.40. The Kier molecular flexibility index (Phi) is 4.60. The van der Waals surface area contributed by atoms with Crippen LogP contribution in [-0.4, -0.2) is 11.8 Å². The van der Waals surface area contributed by atoms with E-state index in [1.807, 2.05) is 24.3 Å². The number of hydrogen-bond donors (Lipinski definition) is 1. The minimum absolute atomic E-state index is 0.0744. The second-order valence-electron chi connectivity index (χ2n) is 5.33. The summed E-state index contributed by atoms with van der Waals surface area (Å²) in [5.41, 5.74) is 5.04. The molecule has 0 atom stereocenters. The number of nitrogens with zero attached hydrogens (tertiary/aromatic N) is 1. The third kappa shape index (κ3) is 3.16. The lowest BCUT2D eigenvalue weighted by molar-refractivity contribution is -0.117. The molecular weight excluding hydrogens is 347 g/mol. The molecule has 0 bridgehead atoms. The summed E-state index contributed by atoms with van der Waals surface area (Å²) in [5, 5.41) is 1.85. The molecule has 0 unspecified atom stereocenters. The summed E-state index contributed by atoms with van der Waals surface area (Å²) in [6, 6.07) is 12.4. The largest absolute Gasteiger partial charge is 0.282 e. The van der Waals surface area contributed by atoms with E-state index in [4.69, 9.17) is 23.2 Å². The second kappa shape index (κ2) is 6.67. The van der Waals surface area contributed by atoms with Gasteiger partial charge in [0.2, 0.25) is 0 Å². The third-order valence-corrected chi connectivity index (χ3v) is 4.49. The van der Waals surface area contributed by atoms with Crippen molar-refractivity contribution in [1.82, 2.24) is 5.43 Å². The van der Waals surface area contributed by atoms with E-state index in [9.17, 15) is 9.59 Å². The Morgan fingerprint density at radius 1 is 1.04 bits per heavy atom. The number of nitrogens with one attached hydrogen (secondary N) is 1. The number of hydrogen-bond acceptors (Lipinski definition) is 2. The van der Waals surface area contributed by atoms with E-state index >= 15 is 0 Å². The molecular formula is C18H14Cl2N2O2. The monoisotopic (exact) mass is 360 g/mol. The lowest BCUT2D eigenvalue weighted by Gasteiger charge is -2.15. The topological polar surface area (TPSA) is 49.4 Å². The molecule has 3 rings (SSSR count). The van der Waals surface area contributed by atoms with E-state index in [2.05, 4.69) is 12.3 Å². The van der Waals surface area contributed by atoms with Crippen molar-refractivity contribution < 1.29 is 9.59 Å². The molecule has 1 N–H and O–H groups in total. The van der Waals surface area contributed by atoms with Gasteiger partial charge in [-0.15, -0.1) is 0 Å². The van der Waals surface area contributed by atoms with Crippen molar-refractivity contribution in [3.8, 4) is 0 Å². The fourth-order valence-electron chi connectivity index (χ4n) is 2.38. The maximum atomic E-state index is 12.5. The first-order valence-corrected chi connectivity index (χ1v) is 8.16.